The third kappa shape index (κ3) is 4.00. The first kappa shape index (κ1) is 14.4. The molecule has 5 nitrogen and oxygen atoms in total. The molecular formula is C13H21N3O2. The number of amides is 1. The molecule has 1 amide bonds. The van der Waals surface area contributed by atoms with Crippen molar-refractivity contribution in [1.29, 1.82) is 0 Å². The fourth-order valence-electron chi connectivity index (χ4n) is 1.34. The predicted octanol–water partition coefficient (Wildman–Crippen LogP) is 1.21. The molecule has 1 atom stereocenters. The first-order valence-electron chi connectivity index (χ1n) is 6.01. The summed E-state index contributed by atoms with van der Waals surface area (Å²) in [4.78, 5) is 17.2. The van der Waals surface area contributed by atoms with E-state index >= 15 is 0 Å². The topological polar surface area (TPSA) is 65.5 Å². The number of carbonyl (C=O) groups is 1. The van der Waals surface area contributed by atoms with E-state index in [2.05, 4.69) is 10.3 Å². The first-order chi connectivity index (χ1) is 8.41. The molecule has 1 aromatic heterocycles. The van der Waals surface area contributed by atoms with E-state index in [1.165, 1.54) is 4.90 Å². The van der Waals surface area contributed by atoms with E-state index < -0.39 is 6.10 Å². The Bertz CT molecular complexity index is 405. The molecule has 0 aliphatic carbocycles. The Labute approximate surface area is 108 Å². The number of hydrogen-bond donors (Lipinski definition) is 2. The third-order valence-corrected chi connectivity index (χ3v) is 2.67. The van der Waals surface area contributed by atoms with Crippen LogP contribution in [0.1, 0.15) is 24.3 Å². The van der Waals surface area contributed by atoms with Crippen LogP contribution in [0.5, 0.6) is 0 Å². The molecular weight excluding hydrogens is 230 g/mol. The number of carbonyl (C=O) groups excluding carboxylic acids is 1. The van der Waals surface area contributed by atoms with Crippen LogP contribution in [0, 0.1) is 5.92 Å². The highest BCUT2D eigenvalue weighted by Crippen LogP contribution is 2.10. The third-order valence-electron chi connectivity index (χ3n) is 2.67. The van der Waals surface area contributed by atoms with E-state index in [1.807, 2.05) is 13.8 Å². The number of aromatic nitrogens is 1. The highest BCUT2D eigenvalue weighted by molar-refractivity contribution is 5.92. The molecule has 18 heavy (non-hydrogen) atoms. The molecule has 0 bridgehead atoms. The quantitative estimate of drug-likeness (QED) is 0.825. The van der Waals surface area contributed by atoms with E-state index in [9.17, 15) is 9.90 Å². The van der Waals surface area contributed by atoms with Gasteiger partial charge in [-0.1, -0.05) is 13.8 Å². The summed E-state index contributed by atoms with van der Waals surface area (Å²) in [6.07, 6.45) is 1.17. The molecule has 0 saturated carbocycles. The van der Waals surface area contributed by atoms with Crippen molar-refractivity contribution in [2.45, 2.75) is 20.0 Å². The number of aliphatic hydroxyl groups is 1. The Morgan fingerprint density at radius 1 is 1.50 bits per heavy atom. The van der Waals surface area contributed by atoms with Crippen molar-refractivity contribution < 1.29 is 9.90 Å². The normalized spacial score (nSPS) is 12.3. The Kier molecular flexibility index (Phi) is 5.09. The van der Waals surface area contributed by atoms with Gasteiger partial charge in [-0.05, 0) is 18.1 Å². The fourth-order valence-corrected chi connectivity index (χ4v) is 1.34. The molecule has 0 fully saturated rings. The minimum atomic E-state index is -0.411. The minimum absolute atomic E-state index is 0.136. The van der Waals surface area contributed by atoms with Crippen LogP contribution in [-0.2, 0) is 0 Å². The van der Waals surface area contributed by atoms with Crippen LogP contribution in [-0.4, -0.2) is 47.6 Å². The van der Waals surface area contributed by atoms with Crippen molar-refractivity contribution in [3.8, 4) is 0 Å². The molecule has 0 aromatic carbocycles. The van der Waals surface area contributed by atoms with Crippen LogP contribution in [0.4, 0.5) is 5.69 Å². The largest absolute Gasteiger partial charge is 0.391 e. The Morgan fingerprint density at radius 3 is 2.72 bits per heavy atom. The SMILES string of the molecule is CC(C)C(O)CNc1ccnc(C(=O)N(C)C)c1. The number of nitrogens with zero attached hydrogens (tertiary/aromatic N) is 2. The van der Waals surface area contributed by atoms with Gasteiger partial charge in [-0.3, -0.25) is 9.78 Å². The lowest BCUT2D eigenvalue weighted by atomic mass is 10.1. The number of pyridine rings is 1. The molecule has 1 rings (SSSR count). The summed E-state index contributed by atoms with van der Waals surface area (Å²) in [5.41, 5.74) is 1.18. The van der Waals surface area contributed by atoms with Gasteiger partial charge in [-0.25, -0.2) is 0 Å². The number of anilines is 1. The fraction of sp³-hybridized carbons (Fsp3) is 0.538. The summed E-state index contributed by atoms with van der Waals surface area (Å²) in [6, 6.07) is 3.47. The summed E-state index contributed by atoms with van der Waals surface area (Å²) in [5.74, 6) is 0.0604. The lowest BCUT2D eigenvalue weighted by Gasteiger charge is -2.16. The lowest BCUT2D eigenvalue weighted by molar-refractivity contribution is 0.0822. The second-order valence-electron chi connectivity index (χ2n) is 4.82. The van der Waals surface area contributed by atoms with Gasteiger partial charge in [0.1, 0.15) is 5.69 Å². The Hall–Kier alpha value is -1.62. The van der Waals surface area contributed by atoms with Gasteiger partial charge in [0, 0.05) is 32.5 Å². The summed E-state index contributed by atoms with van der Waals surface area (Å²) < 4.78 is 0. The van der Waals surface area contributed by atoms with E-state index in [0.717, 1.165) is 5.69 Å². The zero-order valence-corrected chi connectivity index (χ0v) is 11.3. The first-order valence-corrected chi connectivity index (χ1v) is 6.01. The second-order valence-corrected chi connectivity index (χ2v) is 4.82. The van der Waals surface area contributed by atoms with Gasteiger partial charge in [-0.15, -0.1) is 0 Å². The average molecular weight is 251 g/mol. The maximum absolute atomic E-state index is 11.7. The van der Waals surface area contributed by atoms with E-state index in [4.69, 9.17) is 0 Å². The van der Waals surface area contributed by atoms with Gasteiger partial charge >= 0.3 is 0 Å². The Balaban J connectivity index is 2.68. The van der Waals surface area contributed by atoms with E-state index in [0.29, 0.717) is 12.2 Å². The van der Waals surface area contributed by atoms with Crippen molar-refractivity contribution in [1.82, 2.24) is 9.88 Å². The van der Waals surface area contributed by atoms with Crippen molar-refractivity contribution >= 4 is 11.6 Å². The van der Waals surface area contributed by atoms with Crippen molar-refractivity contribution in [2.24, 2.45) is 5.92 Å². The molecule has 1 heterocycles. The predicted molar refractivity (Wildman–Crippen MR) is 71.6 cm³/mol. The summed E-state index contributed by atoms with van der Waals surface area (Å²) in [6.45, 7) is 4.37. The summed E-state index contributed by atoms with van der Waals surface area (Å²) in [7, 11) is 3.37. The van der Waals surface area contributed by atoms with Crippen LogP contribution in [0.2, 0.25) is 0 Å². The minimum Gasteiger partial charge on any atom is -0.391 e. The molecule has 0 spiro atoms. The molecule has 0 saturated heterocycles. The van der Waals surface area contributed by atoms with Crippen LogP contribution in [0.25, 0.3) is 0 Å². The highest BCUT2D eigenvalue weighted by Gasteiger charge is 2.11. The molecule has 1 unspecified atom stereocenters. The van der Waals surface area contributed by atoms with Crippen molar-refractivity contribution in [2.75, 3.05) is 26.0 Å². The highest BCUT2D eigenvalue weighted by atomic mass is 16.3. The molecule has 0 aliphatic heterocycles. The van der Waals surface area contributed by atoms with Crippen LogP contribution in [0.15, 0.2) is 18.3 Å². The maximum Gasteiger partial charge on any atom is 0.272 e. The smallest absolute Gasteiger partial charge is 0.272 e. The zero-order chi connectivity index (χ0) is 13.7. The number of aliphatic hydroxyl groups excluding tert-OH is 1. The van der Waals surface area contributed by atoms with E-state index in [-0.39, 0.29) is 11.8 Å². The molecule has 0 radical (unpaired) electrons. The van der Waals surface area contributed by atoms with Crippen LogP contribution >= 0.6 is 0 Å². The maximum atomic E-state index is 11.7. The van der Waals surface area contributed by atoms with Crippen molar-refractivity contribution in [3.05, 3.63) is 24.0 Å². The molecule has 2 N–H and O–H groups in total. The average Bonchev–Trinajstić information content (AvgIpc) is 2.35. The van der Waals surface area contributed by atoms with Gasteiger partial charge in [0.25, 0.3) is 5.91 Å². The van der Waals surface area contributed by atoms with Gasteiger partial charge in [0.15, 0.2) is 0 Å². The van der Waals surface area contributed by atoms with Gasteiger partial charge in [0.2, 0.25) is 0 Å². The Morgan fingerprint density at radius 2 is 2.17 bits per heavy atom. The monoisotopic (exact) mass is 251 g/mol. The number of hydrogen-bond acceptors (Lipinski definition) is 4. The number of rotatable bonds is 5. The van der Waals surface area contributed by atoms with Gasteiger partial charge in [0.05, 0.1) is 6.10 Å². The molecule has 0 aliphatic rings. The zero-order valence-electron chi connectivity index (χ0n) is 11.3. The lowest BCUT2D eigenvalue weighted by Crippen LogP contribution is -2.25. The van der Waals surface area contributed by atoms with Crippen LogP contribution < -0.4 is 5.32 Å². The summed E-state index contributed by atoms with van der Waals surface area (Å²) >= 11 is 0. The van der Waals surface area contributed by atoms with Gasteiger partial charge in [-0.2, -0.15) is 0 Å². The standard InChI is InChI=1S/C13H21N3O2/c1-9(2)12(17)8-15-10-5-6-14-11(7-10)13(18)16(3)4/h5-7,9,12,17H,8H2,1-4H3,(H,14,15). The second kappa shape index (κ2) is 6.35. The van der Waals surface area contributed by atoms with Gasteiger partial charge < -0.3 is 15.3 Å². The molecule has 5 heteroatoms. The van der Waals surface area contributed by atoms with Crippen molar-refractivity contribution in [3.63, 3.8) is 0 Å². The van der Waals surface area contributed by atoms with E-state index in [1.54, 1.807) is 32.4 Å². The van der Waals surface area contributed by atoms with Crippen LogP contribution in [0.3, 0.4) is 0 Å². The molecule has 1 aromatic rings. The molecule has 100 valence electrons. The number of nitrogens with one attached hydrogen (secondary N) is 1. The summed E-state index contributed by atoms with van der Waals surface area (Å²) in [5, 5.41) is 12.8.